The van der Waals surface area contributed by atoms with Crippen molar-refractivity contribution >= 4 is 11.6 Å². The summed E-state index contributed by atoms with van der Waals surface area (Å²) in [7, 11) is 4.26. The predicted molar refractivity (Wildman–Crippen MR) is 86.4 cm³/mol. The maximum atomic E-state index is 14.3. The van der Waals surface area contributed by atoms with Crippen molar-refractivity contribution in [2.45, 2.75) is 25.4 Å². The van der Waals surface area contributed by atoms with Crippen LogP contribution in [0, 0.1) is 5.82 Å². The minimum absolute atomic E-state index is 0.0298. The fourth-order valence-corrected chi connectivity index (χ4v) is 3.25. The van der Waals surface area contributed by atoms with Gasteiger partial charge in [0.15, 0.2) is 0 Å². The summed E-state index contributed by atoms with van der Waals surface area (Å²) < 4.78 is 14.3. The first-order valence-electron chi connectivity index (χ1n) is 7.60. The summed E-state index contributed by atoms with van der Waals surface area (Å²) in [5, 5.41) is 3.90. The van der Waals surface area contributed by atoms with Crippen LogP contribution < -0.4 is 5.32 Å². The van der Waals surface area contributed by atoms with Crippen LogP contribution in [0.1, 0.15) is 24.9 Å². The number of rotatable bonds is 4. The molecule has 0 radical (unpaired) electrons. The summed E-state index contributed by atoms with van der Waals surface area (Å²) >= 11 is 5.88. The van der Waals surface area contributed by atoms with E-state index in [-0.39, 0.29) is 17.9 Å². The molecule has 0 amide bonds. The van der Waals surface area contributed by atoms with E-state index in [9.17, 15) is 4.39 Å². The lowest BCUT2D eigenvalue weighted by Crippen LogP contribution is -2.47. The van der Waals surface area contributed by atoms with Gasteiger partial charge >= 0.3 is 0 Å². The molecule has 1 aromatic rings. The Balaban J connectivity index is 2.31. The van der Waals surface area contributed by atoms with Gasteiger partial charge in [-0.05, 0) is 52.3 Å². The summed E-state index contributed by atoms with van der Waals surface area (Å²) in [5.41, 5.74) is 0.702. The number of hydrogen-bond acceptors (Lipinski definition) is 3. The van der Waals surface area contributed by atoms with E-state index in [1.165, 1.54) is 6.07 Å². The molecule has 1 aromatic carbocycles. The van der Waals surface area contributed by atoms with Gasteiger partial charge in [-0.15, -0.1) is 0 Å². The molecule has 0 aliphatic carbocycles. The van der Waals surface area contributed by atoms with Crippen molar-refractivity contribution in [3.05, 3.63) is 34.6 Å². The van der Waals surface area contributed by atoms with Gasteiger partial charge in [0, 0.05) is 23.2 Å². The average molecular weight is 314 g/mol. The SMILES string of the molecule is CCNC(c1ccc(Cl)cc1F)C1CN(C)CCCN1C. The number of halogens is 2. The van der Waals surface area contributed by atoms with Crippen LogP contribution >= 0.6 is 11.6 Å². The molecule has 1 saturated heterocycles. The summed E-state index contributed by atoms with van der Waals surface area (Å²) in [5.74, 6) is -0.228. The minimum Gasteiger partial charge on any atom is -0.309 e. The molecule has 1 fully saturated rings. The van der Waals surface area contributed by atoms with Gasteiger partial charge in [0.25, 0.3) is 0 Å². The number of hydrogen-bond donors (Lipinski definition) is 1. The third-order valence-electron chi connectivity index (χ3n) is 4.22. The predicted octanol–water partition coefficient (Wildman–Crippen LogP) is 2.77. The Labute approximate surface area is 132 Å². The molecule has 0 saturated carbocycles. The Hall–Kier alpha value is -0.680. The van der Waals surface area contributed by atoms with Crippen molar-refractivity contribution in [3.8, 4) is 0 Å². The highest BCUT2D eigenvalue weighted by atomic mass is 35.5. The molecule has 0 bridgehead atoms. The Morgan fingerprint density at radius 3 is 2.81 bits per heavy atom. The van der Waals surface area contributed by atoms with Crippen molar-refractivity contribution in [2.75, 3.05) is 40.3 Å². The first kappa shape index (κ1) is 16.7. The fourth-order valence-electron chi connectivity index (χ4n) is 3.09. The number of likely N-dealkylation sites (N-methyl/N-ethyl adjacent to an activating group) is 3. The van der Waals surface area contributed by atoms with Crippen molar-refractivity contribution in [1.29, 1.82) is 0 Å². The Bertz CT molecular complexity index is 469. The normalized spacial score (nSPS) is 23.0. The summed E-state index contributed by atoms with van der Waals surface area (Å²) in [6.07, 6.45) is 1.14. The van der Waals surface area contributed by atoms with E-state index in [4.69, 9.17) is 11.6 Å². The van der Waals surface area contributed by atoms with Crippen LogP contribution in [0.5, 0.6) is 0 Å². The van der Waals surface area contributed by atoms with Crippen LogP contribution in [-0.2, 0) is 0 Å². The zero-order valence-corrected chi connectivity index (χ0v) is 13.8. The van der Waals surface area contributed by atoms with Crippen LogP contribution in [-0.4, -0.2) is 56.1 Å². The van der Waals surface area contributed by atoms with Crippen LogP contribution in [0.25, 0.3) is 0 Å². The first-order chi connectivity index (χ1) is 10.0. The molecule has 1 N–H and O–H groups in total. The molecule has 21 heavy (non-hydrogen) atoms. The van der Waals surface area contributed by atoms with Crippen molar-refractivity contribution in [2.24, 2.45) is 0 Å². The van der Waals surface area contributed by atoms with Gasteiger partial charge < -0.3 is 15.1 Å². The lowest BCUT2D eigenvalue weighted by molar-refractivity contribution is 0.177. The Morgan fingerprint density at radius 1 is 1.38 bits per heavy atom. The third-order valence-corrected chi connectivity index (χ3v) is 4.46. The topological polar surface area (TPSA) is 18.5 Å². The highest BCUT2D eigenvalue weighted by molar-refractivity contribution is 6.30. The fraction of sp³-hybridized carbons (Fsp3) is 0.625. The van der Waals surface area contributed by atoms with E-state index < -0.39 is 0 Å². The van der Waals surface area contributed by atoms with Crippen molar-refractivity contribution in [1.82, 2.24) is 15.1 Å². The Kier molecular flexibility index (Phi) is 5.99. The smallest absolute Gasteiger partial charge is 0.129 e. The third kappa shape index (κ3) is 4.16. The maximum Gasteiger partial charge on any atom is 0.129 e. The van der Waals surface area contributed by atoms with Gasteiger partial charge in [-0.1, -0.05) is 24.6 Å². The van der Waals surface area contributed by atoms with E-state index in [1.807, 2.05) is 6.07 Å². The Morgan fingerprint density at radius 2 is 2.14 bits per heavy atom. The van der Waals surface area contributed by atoms with Crippen molar-refractivity contribution < 1.29 is 4.39 Å². The molecule has 1 aliphatic rings. The molecule has 2 unspecified atom stereocenters. The molecule has 2 rings (SSSR count). The molecule has 118 valence electrons. The lowest BCUT2D eigenvalue weighted by Gasteiger charge is -2.35. The number of nitrogens with zero attached hydrogens (tertiary/aromatic N) is 2. The first-order valence-corrected chi connectivity index (χ1v) is 7.97. The molecule has 1 heterocycles. The van der Waals surface area contributed by atoms with E-state index in [0.717, 1.165) is 32.6 Å². The monoisotopic (exact) mass is 313 g/mol. The van der Waals surface area contributed by atoms with Gasteiger partial charge in [-0.3, -0.25) is 0 Å². The summed E-state index contributed by atoms with van der Waals surface area (Å²) in [6.45, 7) is 5.91. The average Bonchev–Trinajstić information content (AvgIpc) is 2.58. The van der Waals surface area contributed by atoms with Gasteiger partial charge in [0.05, 0.1) is 6.04 Å². The van der Waals surface area contributed by atoms with E-state index in [2.05, 4.69) is 36.1 Å². The van der Waals surface area contributed by atoms with Crippen LogP contribution in [0.15, 0.2) is 18.2 Å². The van der Waals surface area contributed by atoms with Gasteiger partial charge in [0.1, 0.15) is 5.82 Å². The second-order valence-corrected chi connectivity index (χ2v) is 6.30. The van der Waals surface area contributed by atoms with E-state index >= 15 is 0 Å². The molecule has 0 aromatic heterocycles. The molecular weight excluding hydrogens is 289 g/mol. The van der Waals surface area contributed by atoms with Crippen LogP contribution in [0.3, 0.4) is 0 Å². The summed E-state index contributed by atoms with van der Waals surface area (Å²) in [6, 6.07) is 5.20. The molecule has 0 spiro atoms. The minimum atomic E-state index is -0.228. The van der Waals surface area contributed by atoms with Crippen molar-refractivity contribution in [3.63, 3.8) is 0 Å². The van der Waals surface area contributed by atoms with Gasteiger partial charge in [-0.25, -0.2) is 4.39 Å². The highest BCUT2D eigenvalue weighted by Gasteiger charge is 2.30. The van der Waals surface area contributed by atoms with Gasteiger partial charge in [-0.2, -0.15) is 0 Å². The standard InChI is InChI=1S/C16H25ClFN3/c1-4-19-16(13-7-6-12(17)10-14(13)18)15-11-20(2)8-5-9-21(15)3/h6-7,10,15-16,19H,4-5,8-9,11H2,1-3H3. The molecule has 3 nitrogen and oxygen atoms in total. The maximum absolute atomic E-state index is 14.3. The van der Waals surface area contributed by atoms with Crippen LogP contribution in [0.4, 0.5) is 4.39 Å². The molecule has 5 heteroatoms. The molecule has 2 atom stereocenters. The van der Waals surface area contributed by atoms with Gasteiger partial charge in [0.2, 0.25) is 0 Å². The zero-order valence-electron chi connectivity index (χ0n) is 13.1. The largest absolute Gasteiger partial charge is 0.309 e. The summed E-state index contributed by atoms with van der Waals surface area (Å²) in [4.78, 5) is 4.66. The molecular formula is C16H25ClFN3. The van der Waals surface area contributed by atoms with Crippen LogP contribution in [0.2, 0.25) is 5.02 Å². The molecule has 1 aliphatic heterocycles. The quantitative estimate of drug-likeness (QED) is 0.922. The van der Waals surface area contributed by atoms with E-state index in [0.29, 0.717) is 10.6 Å². The van der Waals surface area contributed by atoms with E-state index in [1.54, 1.807) is 6.07 Å². The lowest BCUT2D eigenvalue weighted by atomic mass is 9.97. The second-order valence-electron chi connectivity index (χ2n) is 5.86. The highest BCUT2D eigenvalue weighted by Crippen LogP contribution is 2.27. The second kappa shape index (κ2) is 7.54. The zero-order chi connectivity index (χ0) is 15.4. The number of nitrogens with one attached hydrogen (secondary N) is 1. The number of benzene rings is 1.